The third-order valence-corrected chi connectivity index (χ3v) is 8.04. The molecule has 9 nitrogen and oxygen atoms in total. The van der Waals surface area contributed by atoms with Gasteiger partial charge in [-0.15, -0.1) is 0 Å². The van der Waals surface area contributed by atoms with Crippen LogP contribution in [0.4, 0.5) is 0 Å². The number of piperazine rings is 1. The number of fused-ring (bicyclic) bond motifs is 4. The lowest BCUT2D eigenvalue weighted by molar-refractivity contribution is -0.135. The zero-order valence-corrected chi connectivity index (χ0v) is 21.7. The highest BCUT2D eigenvalue weighted by atomic mass is 16.2. The Morgan fingerprint density at radius 2 is 1.55 bits per heavy atom. The average Bonchev–Trinajstić information content (AvgIpc) is 3.78. The van der Waals surface area contributed by atoms with Crippen molar-refractivity contribution in [1.29, 1.82) is 0 Å². The fraction of sp³-hybridized carbons (Fsp3) is 0.226. The summed E-state index contributed by atoms with van der Waals surface area (Å²) in [6.45, 7) is 0.878. The summed E-state index contributed by atoms with van der Waals surface area (Å²) < 4.78 is 0. The Kier molecular flexibility index (Phi) is 5.84. The molecule has 0 spiro atoms. The maximum absolute atomic E-state index is 13.9. The number of nitrogens with one attached hydrogen (secondary N) is 3. The number of para-hydroxylation sites is 3. The van der Waals surface area contributed by atoms with Gasteiger partial charge in [0.25, 0.3) is 11.8 Å². The molecule has 2 saturated heterocycles. The molecular weight excluding hydrogens is 504 g/mol. The Bertz CT molecular complexity index is 1680. The molecule has 5 aromatic rings. The number of carbonyl (C=O) groups excluding carboxylic acids is 3. The van der Waals surface area contributed by atoms with Gasteiger partial charge >= 0.3 is 0 Å². The fourth-order valence-corrected chi connectivity index (χ4v) is 6.06. The molecule has 4 heterocycles. The molecule has 9 heteroatoms. The van der Waals surface area contributed by atoms with Gasteiger partial charge in [0.1, 0.15) is 11.7 Å². The first kappa shape index (κ1) is 24.1. The molecule has 2 aromatic heterocycles. The fourth-order valence-electron chi connectivity index (χ4n) is 6.06. The first-order valence-electron chi connectivity index (χ1n) is 13.5. The van der Waals surface area contributed by atoms with E-state index >= 15 is 0 Å². The molecule has 0 saturated carbocycles. The summed E-state index contributed by atoms with van der Waals surface area (Å²) in [6, 6.07) is 25.8. The normalized spacial score (nSPS) is 18.9. The van der Waals surface area contributed by atoms with Crippen molar-refractivity contribution >= 4 is 39.7 Å². The molecule has 0 aliphatic carbocycles. The van der Waals surface area contributed by atoms with Crippen molar-refractivity contribution in [3.8, 4) is 0 Å². The van der Waals surface area contributed by atoms with Gasteiger partial charge < -0.3 is 25.1 Å². The smallest absolute Gasteiger partial charge is 0.290 e. The largest absolute Gasteiger partial charge is 0.351 e. The van der Waals surface area contributed by atoms with Gasteiger partial charge in [-0.25, -0.2) is 4.98 Å². The predicted octanol–water partition coefficient (Wildman–Crippen LogP) is 3.51. The van der Waals surface area contributed by atoms with Crippen LogP contribution in [0.2, 0.25) is 0 Å². The second-order valence-electron chi connectivity index (χ2n) is 10.6. The number of carbonyl (C=O) groups is 3. The number of amides is 3. The van der Waals surface area contributed by atoms with Gasteiger partial charge in [-0.3, -0.25) is 14.4 Å². The van der Waals surface area contributed by atoms with Gasteiger partial charge in [-0.1, -0.05) is 60.7 Å². The van der Waals surface area contributed by atoms with E-state index in [1.54, 1.807) is 6.07 Å². The van der Waals surface area contributed by atoms with E-state index in [1.807, 2.05) is 88.7 Å². The standard InChI is InChI=1S/C31H28N6O3/c38-29(26-15-20-10-4-5-11-23(20)32-26)35-27(14-19-8-2-1-3-9-19)30(39)36-17-22-16-21(36)18-37(22)31(40)28-33-24-12-6-7-13-25(24)34-28/h1-13,15,21-22,27,32H,14,16-18H2,(H,33,34)(H,35,38)/t21-,22-,27-/m0/s1. The first-order chi connectivity index (χ1) is 19.5. The van der Waals surface area contributed by atoms with E-state index in [2.05, 4.69) is 20.3 Å². The molecule has 200 valence electrons. The Hall–Kier alpha value is -4.92. The first-order valence-corrected chi connectivity index (χ1v) is 13.5. The second-order valence-corrected chi connectivity index (χ2v) is 10.6. The summed E-state index contributed by atoms with van der Waals surface area (Å²) in [6.07, 6.45) is 1.09. The highest BCUT2D eigenvalue weighted by molar-refractivity contribution is 6.00. The highest BCUT2D eigenvalue weighted by Crippen LogP contribution is 2.32. The van der Waals surface area contributed by atoms with Crippen LogP contribution in [0.1, 0.15) is 33.1 Å². The van der Waals surface area contributed by atoms with Crippen molar-refractivity contribution in [2.75, 3.05) is 13.1 Å². The molecule has 3 aromatic carbocycles. The van der Waals surface area contributed by atoms with Crippen molar-refractivity contribution in [1.82, 2.24) is 30.1 Å². The van der Waals surface area contributed by atoms with Crippen molar-refractivity contribution in [3.05, 3.63) is 102 Å². The molecule has 2 aliphatic heterocycles. The van der Waals surface area contributed by atoms with Crippen molar-refractivity contribution in [2.45, 2.75) is 31.0 Å². The lowest BCUT2D eigenvalue weighted by atomic mass is 10.0. The number of rotatable bonds is 6. The topological polar surface area (TPSA) is 114 Å². The van der Waals surface area contributed by atoms with E-state index in [-0.39, 0.29) is 29.8 Å². The van der Waals surface area contributed by atoms with E-state index < -0.39 is 6.04 Å². The molecule has 0 unspecified atom stereocenters. The Morgan fingerprint density at radius 1 is 0.850 bits per heavy atom. The van der Waals surface area contributed by atoms with Crippen LogP contribution in [0.3, 0.4) is 0 Å². The van der Waals surface area contributed by atoms with Crippen LogP contribution in [-0.4, -0.2) is 73.7 Å². The molecule has 2 fully saturated rings. The van der Waals surface area contributed by atoms with E-state index in [4.69, 9.17) is 0 Å². The maximum atomic E-state index is 13.9. The quantitative estimate of drug-likeness (QED) is 0.311. The van der Waals surface area contributed by atoms with Crippen molar-refractivity contribution in [2.24, 2.45) is 0 Å². The summed E-state index contributed by atoms with van der Waals surface area (Å²) in [5.74, 6) is -0.281. The summed E-state index contributed by atoms with van der Waals surface area (Å²) in [5.41, 5.74) is 3.81. The molecule has 7 rings (SSSR count). The average molecular weight is 533 g/mol. The van der Waals surface area contributed by atoms with Gasteiger partial charge in [0.2, 0.25) is 5.91 Å². The maximum Gasteiger partial charge on any atom is 0.290 e. The Labute approximate surface area is 230 Å². The van der Waals surface area contributed by atoms with Gasteiger partial charge in [0, 0.05) is 30.4 Å². The highest BCUT2D eigenvalue weighted by Gasteiger charge is 2.48. The van der Waals surface area contributed by atoms with Gasteiger partial charge in [-0.2, -0.15) is 0 Å². The minimum absolute atomic E-state index is 0.0866. The van der Waals surface area contributed by atoms with Gasteiger partial charge in [0.15, 0.2) is 5.82 Å². The Morgan fingerprint density at radius 3 is 2.30 bits per heavy atom. The van der Waals surface area contributed by atoms with Crippen molar-refractivity contribution in [3.63, 3.8) is 0 Å². The number of likely N-dealkylation sites (tertiary alicyclic amines) is 2. The van der Waals surface area contributed by atoms with Crippen LogP contribution < -0.4 is 5.32 Å². The lowest BCUT2D eigenvalue weighted by Gasteiger charge is -2.35. The monoisotopic (exact) mass is 532 g/mol. The summed E-state index contributed by atoms with van der Waals surface area (Å²) in [4.78, 5) is 54.9. The molecule has 3 N–H and O–H groups in total. The molecule has 2 aliphatic rings. The molecule has 2 bridgehead atoms. The SMILES string of the molecule is O=C(N[C@@H](Cc1ccccc1)C(=O)N1C[C@@H]2C[C@H]1CN2C(=O)c1nc2ccccc2[nH]1)c1cc2ccccc2[nH]1. The van der Waals surface area contributed by atoms with Crippen LogP contribution >= 0.6 is 0 Å². The second kappa shape index (κ2) is 9.68. The number of nitrogens with zero attached hydrogens (tertiary/aromatic N) is 3. The summed E-state index contributed by atoms with van der Waals surface area (Å²) in [5, 5.41) is 3.93. The number of hydrogen-bond donors (Lipinski definition) is 3. The minimum Gasteiger partial charge on any atom is -0.351 e. The van der Waals surface area contributed by atoms with E-state index in [0.717, 1.165) is 27.5 Å². The van der Waals surface area contributed by atoms with Crippen LogP contribution in [0.15, 0.2) is 84.9 Å². The molecule has 0 radical (unpaired) electrons. The van der Waals surface area contributed by atoms with E-state index in [9.17, 15) is 14.4 Å². The number of H-pyrrole nitrogens is 2. The van der Waals surface area contributed by atoms with Crippen LogP contribution in [0.5, 0.6) is 0 Å². The van der Waals surface area contributed by atoms with Crippen LogP contribution in [-0.2, 0) is 11.2 Å². The molecular formula is C31H28N6O3. The zero-order chi connectivity index (χ0) is 27.2. The third-order valence-electron chi connectivity index (χ3n) is 8.04. The summed E-state index contributed by atoms with van der Waals surface area (Å²) >= 11 is 0. The molecule has 3 amide bonds. The predicted molar refractivity (Wildman–Crippen MR) is 151 cm³/mol. The van der Waals surface area contributed by atoms with Gasteiger partial charge in [-0.05, 0) is 36.2 Å². The number of aromatic nitrogens is 3. The molecule has 40 heavy (non-hydrogen) atoms. The van der Waals surface area contributed by atoms with Crippen LogP contribution in [0, 0.1) is 0 Å². The zero-order valence-electron chi connectivity index (χ0n) is 21.7. The molecule has 3 atom stereocenters. The minimum atomic E-state index is -0.736. The van der Waals surface area contributed by atoms with Crippen LogP contribution in [0.25, 0.3) is 21.9 Å². The summed E-state index contributed by atoms with van der Waals surface area (Å²) in [7, 11) is 0. The third kappa shape index (κ3) is 4.29. The van der Waals surface area contributed by atoms with E-state index in [1.165, 1.54) is 0 Å². The van der Waals surface area contributed by atoms with E-state index in [0.29, 0.717) is 37.4 Å². The number of imidazole rings is 1. The number of benzene rings is 3. The van der Waals surface area contributed by atoms with Crippen molar-refractivity contribution < 1.29 is 14.4 Å². The lowest BCUT2D eigenvalue weighted by Crippen LogP contribution is -2.56. The number of hydrogen-bond acceptors (Lipinski definition) is 4. The van der Waals surface area contributed by atoms with Gasteiger partial charge in [0.05, 0.1) is 23.1 Å². The number of aromatic amines is 2. The Balaban J connectivity index is 1.09.